The van der Waals surface area contributed by atoms with E-state index in [2.05, 4.69) is 5.10 Å². The van der Waals surface area contributed by atoms with Gasteiger partial charge >= 0.3 is 6.09 Å². The van der Waals surface area contributed by atoms with E-state index in [0.29, 0.717) is 6.42 Å². The Morgan fingerprint density at radius 3 is 2.35 bits per heavy atom. The summed E-state index contributed by atoms with van der Waals surface area (Å²) in [4.78, 5) is 13.6. The third-order valence-electron chi connectivity index (χ3n) is 4.01. The maximum absolute atomic E-state index is 11.5. The van der Waals surface area contributed by atoms with Gasteiger partial charge in [-0.05, 0) is 23.3 Å². The number of nitrogens with zero attached hydrogens (tertiary/aromatic N) is 3. The van der Waals surface area contributed by atoms with Gasteiger partial charge in [0, 0.05) is 26.2 Å². The van der Waals surface area contributed by atoms with Crippen LogP contribution in [0.4, 0.5) is 10.5 Å². The predicted molar refractivity (Wildman–Crippen MR) is 91.0 cm³/mol. The summed E-state index contributed by atoms with van der Waals surface area (Å²) in [6.07, 6.45) is -0.449. The number of carboxylic acid groups (broad SMARTS) is 1. The van der Waals surface area contributed by atoms with Crippen molar-refractivity contribution in [3.8, 4) is 0 Å². The Balaban J connectivity index is 1.89. The van der Waals surface area contributed by atoms with Gasteiger partial charge in [-0.1, -0.05) is 42.5 Å². The Morgan fingerprint density at radius 2 is 1.78 bits per heavy atom. The Hall–Kier alpha value is -2.82. The number of hydrogen-bond donors (Lipinski definition) is 1. The molecule has 1 unspecified atom stereocenters. The quantitative estimate of drug-likeness (QED) is 0.943. The average Bonchev–Trinajstić information content (AvgIpc) is 3.01. The second kappa shape index (κ2) is 6.12. The summed E-state index contributed by atoms with van der Waals surface area (Å²) >= 11 is 0. The lowest BCUT2D eigenvalue weighted by Gasteiger charge is -2.20. The van der Waals surface area contributed by atoms with E-state index in [0.717, 1.165) is 27.5 Å². The molecule has 0 bridgehead atoms. The van der Waals surface area contributed by atoms with Crippen LogP contribution < -0.4 is 4.90 Å². The number of anilines is 1. The zero-order chi connectivity index (χ0) is 16.4. The first-order valence-corrected chi connectivity index (χ1v) is 7.48. The lowest BCUT2D eigenvalue weighted by molar-refractivity contribution is 0.134. The molecule has 2 aromatic carbocycles. The van der Waals surface area contributed by atoms with Gasteiger partial charge in [-0.3, -0.25) is 0 Å². The molecule has 2 aromatic rings. The molecule has 1 N–H and O–H groups in total. The molecule has 1 amide bonds. The van der Waals surface area contributed by atoms with Crippen LogP contribution in [0.5, 0.6) is 0 Å². The third-order valence-corrected chi connectivity index (χ3v) is 4.01. The van der Waals surface area contributed by atoms with E-state index >= 15 is 0 Å². The van der Waals surface area contributed by atoms with Gasteiger partial charge in [0.15, 0.2) is 0 Å². The highest BCUT2D eigenvalue weighted by Crippen LogP contribution is 2.33. The Kier molecular flexibility index (Phi) is 4.02. The van der Waals surface area contributed by atoms with Crippen molar-refractivity contribution in [1.29, 1.82) is 0 Å². The predicted octanol–water partition coefficient (Wildman–Crippen LogP) is 3.58. The fraction of sp³-hybridized carbons (Fsp3) is 0.222. The molecule has 0 aliphatic carbocycles. The molecule has 0 aromatic heterocycles. The molecular formula is C18H19N3O2. The normalized spacial score (nSPS) is 17.0. The standard InChI is InChI=1S/C18H19N3O2/c1-20(2)15-10-8-14(9-11-15)17-12-16(19-21(17)18(22)23)13-6-4-3-5-7-13/h3-11,17H,12H2,1-2H3,(H,22,23). The number of hydrazone groups is 1. The van der Waals surface area contributed by atoms with Crippen LogP contribution >= 0.6 is 0 Å². The van der Waals surface area contributed by atoms with Crippen LogP contribution in [0.1, 0.15) is 23.6 Å². The Labute approximate surface area is 135 Å². The van der Waals surface area contributed by atoms with Crippen molar-refractivity contribution in [3.63, 3.8) is 0 Å². The molecule has 3 rings (SSSR count). The first-order chi connectivity index (χ1) is 11.1. The van der Waals surface area contributed by atoms with E-state index in [1.165, 1.54) is 0 Å². The molecule has 5 heteroatoms. The van der Waals surface area contributed by atoms with Crippen molar-refractivity contribution < 1.29 is 9.90 Å². The summed E-state index contributed by atoms with van der Waals surface area (Å²) in [7, 11) is 3.95. The highest BCUT2D eigenvalue weighted by atomic mass is 16.4. The molecule has 0 fully saturated rings. The van der Waals surface area contributed by atoms with Crippen LogP contribution in [-0.2, 0) is 0 Å². The maximum Gasteiger partial charge on any atom is 0.428 e. The van der Waals surface area contributed by atoms with Crippen molar-refractivity contribution in [3.05, 3.63) is 65.7 Å². The van der Waals surface area contributed by atoms with Crippen molar-refractivity contribution in [2.45, 2.75) is 12.5 Å². The van der Waals surface area contributed by atoms with Gasteiger partial charge in [0.05, 0.1) is 11.8 Å². The zero-order valence-corrected chi connectivity index (χ0v) is 13.2. The van der Waals surface area contributed by atoms with E-state index < -0.39 is 6.09 Å². The molecule has 118 valence electrons. The largest absolute Gasteiger partial charge is 0.464 e. The highest BCUT2D eigenvalue weighted by Gasteiger charge is 2.32. The van der Waals surface area contributed by atoms with Crippen LogP contribution in [0, 0.1) is 0 Å². The molecular weight excluding hydrogens is 290 g/mol. The second-order valence-electron chi connectivity index (χ2n) is 5.75. The molecule has 1 aliphatic heterocycles. The number of rotatable bonds is 3. The summed E-state index contributed by atoms with van der Waals surface area (Å²) in [5.74, 6) is 0. The van der Waals surface area contributed by atoms with E-state index in [-0.39, 0.29) is 6.04 Å². The third kappa shape index (κ3) is 3.04. The number of benzene rings is 2. The smallest absolute Gasteiger partial charge is 0.428 e. The minimum absolute atomic E-state index is 0.279. The molecule has 1 atom stereocenters. The monoisotopic (exact) mass is 309 g/mol. The summed E-state index contributed by atoms with van der Waals surface area (Å²) in [6, 6.07) is 17.4. The van der Waals surface area contributed by atoms with E-state index in [9.17, 15) is 9.90 Å². The summed E-state index contributed by atoms with van der Waals surface area (Å²) in [6.45, 7) is 0. The second-order valence-corrected chi connectivity index (χ2v) is 5.75. The highest BCUT2D eigenvalue weighted by molar-refractivity contribution is 6.02. The molecule has 1 heterocycles. The summed E-state index contributed by atoms with van der Waals surface area (Å²) in [5.41, 5.74) is 3.80. The number of amides is 1. The molecule has 0 radical (unpaired) electrons. The summed E-state index contributed by atoms with van der Waals surface area (Å²) in [5, 5.41) is 14.9. The lowest BCUT2D eigenvalue weighted by Crippen LogP contribution is -2.25. The van der Waals surface area contributed by atoms with Crippen molar-refractivity contribution in [2.24, 2.45) is 5.10 Å². The van der Waals surface area contributed by atoms with Crippen molar-refractivity contribution in [2.75, 3.05) is 19.0 Å². The Bertz CT molecular complexity index is 724. The van der Waals surface area contributed by atoms with E-state index in [1.807, 2.05) is 73.6 Å². The lowest BCUT2D eigenvalue weighted by atomic mass is 9.98. The first kappa shape index (κ1) is 15.1. The molecule has 0 saturated carbocycles. The minimum atomic E-state index is -1.03. The minimum Gasteiger partial charge on any atom is -0.464 e. The molecule has 23 heavy (non-hydrogen) atoms. The maximum atomic E-state index is 11.5. The van der Waals surface area contributed by atoms with Gasteiger partial charge in [-0.2, -0.15) is 10.1 Å². The van der Waals surface area contributed by atoms with E-state index in [4.69, 9.17) is 0 Å². The molecule has 0 spiro atoms. The van der Waals surface area contributed by atoms with Crippen LogP contribution in [0.3, 0.4) is 0 Å². The first-order valence-electron chi connectivity index (χ1n) is 7.48. The van der Waals surface area contributed by atoms with Gasteiger partial charge < -0.3 is 10.0 Å². The van der Waals surface area contributed by atoms with Gasteiger partial charge in [0.1, 0.15) is 0 Å². The molecule has 0 saturated heterocycles. The van der Waals surface area contributed by atoms with Crippen LogP contribution in [0.2, 0.25) is 0 Å². The number of hydrogen-bond acceptors (Lipinski definition) is 3. The van der Waals surface area contributed by atoms with Crippen molar-refractivity contribution >= 4 is 17.5 Å². The van der Waals surface area contributed by atoms with Crippen molar-refractivity contribution in [1.82, 2.24) is 5.01 Å². The number of carbonyl (C=O) groups is 1. The Morgan fingerprint density at radius 1 is 1.13 bits per heavy atom. The van der Waals surface area contributed by atoms with Crippen LogP contribution in [0.25, 0.3) is 0 Å². The van der Waals surface area contributed by atoms with Gasteiger partial charge in [-0.25, -0.2) is 4.79 Å². The average molecular weight is 309 g/mol. The summed E-state index contributed by atoms with van der Waals surface area (Å²) < 4.78 is 0. The van der Waals surface area contributed by atoms with Gasteiger partial charge in [0.2, 0.25) is 0 Å². The fourth-order valence-electron chi connectivity index (χ4n) is 2.75. The topological polar surface area (TPSA) is 56.1 Å². The van der Waals surface area contributed by atoms with E-state index in [1.54, 1.807) is 0 Å². The zero-order valence-electron chi connectivity index (χ0n) is 13.2. The van der Waals surface area contributed by atoms with Gasteiger partial charge in [0.25, 0.3) is 0 Å². The van der Waals surface area contributed by atoms with Crippen LogP contribution in [0.15, 0.2) is 59.7 Å². The SMILES string of the molecule is CN(C)c1ccc(C2CC(c3ccccc3)=NN2C(=O)O)cc1. The van der Waals surface area contributed by atoms with Crippen LogP contribution in [-0.4, -0.2) is 36.0 Å². The fourth-order valence-corrected chi connectivity index (χ4v) is 2.75. The molecule has 1 aliphatic rings. The van der Waals surface area contributed by atoms with Gasteiger partial charge in [-0.15, -0.1) is 0 Å². The molecule has 5 nitrogen and oxygen atoms in total.